The van der Waals surface area contributed by atoms with Crippen molar-refractivity contribution >= 4 is 23.2 Å². The van der Waals surface area contributed by atoms with E-state index in [1.54, 1.807) is 19.1 Å². The SMILES string of the molecule is C/C(=N\NC(=O)c1ccc(C)n1C)c1ccccc1Cl. The van der Waals surface area contributed by atoms with Crippen molar-refractivity contribution in [3.63, 3.8) is 0 Å². The van der Waals surface area contributed by atoms with E-state index < -0.39 is 0 Å². The highest BCUT2D eigenvalue weighted by Gasteiger charge is 2.10. The number of aryl methyl sites for hydroxylation is 1. The lowest BCUT2D eigenvalue weighted by molar-refractivity contribution is 0.0946. The average molecular weight is 290 g/mol. The van der Waals surface area contributed by atoms with Gasteiger partial charge >= 0.3 is 0 Å². The van der Waals surface area contributed by atoms with Crippen molar-refractivity contribution in [2.45, 2.75) is 13.8 Å². The molecular weight excluding hydrogens is 274 g/mol. The van der Waals surface area contributed by atoms with Crippen LogP contribution in [-0.4, -0.2) is 16.2 Å². The summed E-state index contributed by atoms with van der Waals surface area (Å²) >= 11 is 6.08. The number of benzene rings is 1. The van der Waals surface area contributed by atoms with E-state index in [4.69, 9.17) is 11.6 Å². The molecule has 1 N–H and O–H groups in total. The predicted octanol–water partition coefficient (Wildman–Crippen LogP) is 3.14. The molecule has 1 aromatic carbocycles. The quantitative estimate of drug-likeness (QED) is 0.685. The van der Waals surface area contributed by atoms with Crippen LogP contribution in [0.1, 0.15) is 28.7 Å². The van der Waals surface area contributed by atoms with E-state index >= 15 is 0 Å². The summed E-state index contributed by atoms with van der Waals surface area (Å²) in [6.45, 7) is 3.74. The Morgan fingerprint density at radius 1 is 1.25 bits per heavy atom. The lowest BCUT2D eigenvalue weighted by atomic mass is 10.1. The Hall–Kier alpha value is -2.07. The summed E-state index contributed by atoms with van der Waals surface area (Å²) in [5.41, 5.74) is 5.60. The number of halogens is 1. The first-order valence-corrected chi connectivity index (χ1v) is 6.60. The molecular formula is C15H16ClN3O. The molecule has 1 amide bonds. The van der Waals surface area contributed by atoms with Gasteiger partial charge in [0.05, 0.1) is 5.71 Å². The van der Waals surface area contributed by atoms with Crippen molar-refractivity contribution in [1.82, 2.24) is 9.99 Å². The maximum absolute atomic E-state index is 12.0. The third kappa shape index (κ3) is 2.91. The topological polar surface area (TPSA) is 46.4 Å². The van der Waals surface area contributed by atoms with Gasteiger partial charge in [-0.3, -0.25) is 4.79 Å². The van der Waals surface area contributed by atoms with E-state index in [0.29, 0.717) is 16.4 Å². The molecule has 2 rings (SSSR count). The van der Waals surface area contributed by atoms with Crippen LogP contribution in [0.2, 0.25) is 5.02 Å². The third-order valence-electron chi connectivity index (χ3n) is 3.19. The van der Waals surface area contributed by atoms with Crippen LogP contribution < -0.4 is 5.43 Å². The monoisotopic (exact) mass is 289 g/mol. The Balaban J connectivity index is 2.15. The molecule has 4 nitrogen and oxygen atoms in total. The van der Waals surface area contributed by atoms with Gasteiger partial charge in [-0.2, -0.15) is 5.10 Å². The predicted molar refractivity (Wildman–Crippen MR) is 81.3 cm³/mol. The molecule has 0 saturated heterocycles. The van der Waals surface area contributed by atoms with Gasteiger partial charge in [-0.1, -0.05) is 29.8 Å². The molecule has 0 aliphatic rings. The second-order valence-corrected chi connectivity index (χ2v) is 4.94. The molecule has 2 aromatic rings. The highest BCUT2D eigenvalue weighted by molar-refractivity contribution is 6.34. The van der Waals surface area contributed by atoms with Crippen LogP contribution in [0.5, 0.6) is 0 Å². The molecule has 0 fully saturated rings. The molecule has 0 atom stereocenters. The van der Waals surface area contributed by atoms with Crippen molar-refractivity contribution < 1.29 is 4.79 Å². The Morgan fingerprint density at radius 2 is 1.95 bits per heavy atom. The minimum absolute atomic E-state index is 0.244. The summed E-state index contributed by atoms with van der Waals surface area (Å²) in [6.07, 6.45) is 0. The van der Waals surface area contributed by atoms with E-state index in [0.717, 1.165) is 11.3 Å². The Morgan fingerprint density at radius 3 is 2.55 bits per heavy atom. The van der Waals surface area contributed by atoms with E-state index in [9.17, 15) is 4.79 Å². The van der Waals surface area contributed by atoms with Crippen molar-refractivity contribution in [1.29, 1.82) is 0 Å². The summed E-state index contributed by atoms with van der Waals surface area (Å²) < 4.78 is 1.82. The van der Waals surface area contributed by atoms with Crippen molar-refractivity contribution in [2.24, 2.45) is 12.1 Å². The minimum atomic E-state index is -0.244. The number of hydrogen-bond acceptors (Lipinski definition) is 2. The number of hydrogen-bond donors (Lipinski definition) is 1. The first-order valence-electron chi connectivity index (χ1n) is 6.22. The van der Waals surface area contributed by atoms with Crippen molar-refractivity contribution in [3.05, 3.63) is 58.4 Å². The number of nitrogens with zero attached hydrogens (tertiary/aromatic N) is 2. The maximum Gasteiger partial charge on any atom is 0.287 e. The lowest BCUT2D eigenvalue weighted by Crippen LogP contribution is -2.22. The van der Waals surface area contributed by atoms with E-state index in [-0.39, 0.29) is 5.91 Å². The second kappa shape index (κ2) is 5.92. The molecule has 1 heterocycles. The van der Waals surface area contributed by atoms with Gasteiger partial charge in [-0.05, 0) is 32.0 Å². The third-order valence-corrected chi connectivity index (χ3v) is 3.52. The standard InChI is InChI=1S/C15H16ClN3O/c1-10-8-9-14(19(10)3)15(20)18-17-11(2)12-6-4-5-7-13(12)16/h4-9H,1-3H3,(H,18,20)/b17-11+. The van der Waals surface area contributed by atoms with Gasteiger partial charge in [0.2, 0.25) is 0 Å². The highest BCUT2D eigenvalue weighted by atomic mass is 35.5. The fourth-order valence-electron chi connectivity index (χ4n) is 1.85. The number of amides is 1. The fraction of sp³-hybridized carbons (Fsp3) is 0.200. The minimum Gasteiger partial charge on any atom is -0.344 e. The second-order valence-electron chi connectivity index (χ2n) is 4.54. The maximum atomic E-state index is 12.0. The zero-order valence-corrected chi connectivity index (χ0v) is 12.4. The molecule has 1 aromatic heterocycles. The van der Waals surface area contributed by atoms with Crippen LogP contribution in [0, 0.1) is 6.92 Å². The van der Waals surface area contributed by atoms with Crippen LogP contribution in [0.15, 0.2) is 41.5 Å². The van der Waals surface area contributed by atoms with Crippen LogP contribution in [-0.2, 0) is 7.05 Å². The molecule has 0 radical (unpaired) electrons. The van der Waals surface area contributed by atoms with Crippen molar-refractivity contribution in [3.8, 4) is 0 Å². The van der Waals surface area contributed by atoms with Crippen molar-refractivity contribution in [2.75, 3.05) is 0 Å². The Kier molecular flexibility index (Phi) is 4.25. The number of hydrazone groups is 1. The Labute approximate surface area is 123 Å². The summed E-state index contributed by atoms with van der Waals surface area (Å²) in [7, 11) is 1.84. The van der Waals surface area contributed by atoms with Gasteiger partial charge in [-0.25, -0.2) is 5.43 Å². The van der Waals surface area contributed by atoms with Gasteiger partial charge in [0.15, 0.2) is 0 Å². The van der Waals surface area contributed by atoms with E-state index in [1.165, 1.54) is 0 Å². The van der Waals surface area contributed by atoms with E-state index in [1.807, 2.05) is 42.8 Å². The Bertz CT molecular complexity index is 674. The first kappa shape index (κ1) is 14.3. The number of nitrogens with one attached hydrogen (secondary N) is 1. The average Bonchev–Trinajstić information content (AvgIpc) is 2.76. The van der Waals surface area contributed by atoms with Gasteiger partial charge in [0.1, 0.15) is 5.69 Å². The molecule has 20 heavy (non-hydrogen) atoms. The highest BCUT2D eigenvalue weighted by Crippen LogP contribution is 2.15. The van der Waals surface area contributed by atoms with Crippen LogP contribution in [0.3, 0.4) is 0 Å². The molecule has 0 bridgehead atoms. The number of rotatable bonds is 3. The van der Waals surface area contributed by atoms with Gasteiger partial charge in [-0.15, -0.1) is 0 Å². The zero-order valence-electron chi connectivity index (χ0n) is 11.6. The molecule has 0 spiro atoms. The van der Waals surface area contributed by atoms with Crippen LogP contribution in [0.25, 0.3) is 0 Å². The lowest BCUT2D eigenvalue weighted by Gasteiger charge is -2.06. The summed E-state index contributed by atoms with van der Waals surface area (Å²) in [4.78, 5) is 12.0. The summed E-state index contributed by atoms with van der Waals surface area (Å²) in [5.74, 6) is -0.244. The van der Waals surface area contributed by atoms with Crippen LogP contribution >= 0.6 is 11.6 Å². The number of aromatic nitrogens is 1. The molecule has 0 unspecified atom stereocenters. The van der Waals surface area contributed by atoms with E-state index in [2.05, 4.69) is 10.5 Å². The molecule has 0 aliphatic heterocycles. The first-order chi connectivity index (χ1) is 9.50. The largest absolute Gasteiger partial charge is 0.344 e. The number of carbonyl (C=O) groups is 1. The van der Waals surface area contributed by atoms with Gasteiger partial charge < -0.3 is 4.57 Å². The van der Waals surface area contributed by atoms with Crippen LogP contribution in [0.4, 0.5) is 0 Å². The molecule has 0 saturated carbocycles. The summed E-state index contributed by atoms with van der Waals surface area (Å²) in [6, 6.07) is 11.0. The molecule has 5 heteroatoms. The van der Waals surface area contributed by atoms with Gasteiger partial charge in [0, 0.05) is 23.3 Å². The number of carbonyl (C=O) groups excluding carboxylic acids is 1. The molecule has 104 valence electrons. The summed E-state index contributed by atoms with van der Waals surface area (Å²) in [5, 5.41) is 4.71. The molecule has 0 aliphatic carbocycles. The normalized spacial score (nSPS) is 11.5. The zero-order chi connectivity index (χ0) is 14.7. The fourth-order valence-corrected chi connectivity index (χ4v) is 2.12. The van der Waals surface area contributed by atoms with Gasteiger partial charge in [0.25, 0.3) is 5.91 Å². The smallest absolute Gasteiger partial charge is 0.287 e.